The van der Waals surface area contributed by atoms with Crippen LogP contribution in [0.5, 0.6) is 0 Å². The third-order valence-electron chi connectivity index (χ3n) is 12.1. The Kier molecular flexibility index (Phi) is 56.6. The molecule has 0 heterocycles. The maximum atomic E-state index is 12.8. The van der Waals surface area contributed by atoms with Crippen LogP contribution in [0.3, 0.4) is 0 Å². The Morgan fingerprint density at radius 2 is 0.683 bits per heavy atom. The minimum atomic E-state index is -4.67. The number of phosphoric ester groups is 1. The summed E-state index contributed by atoms with van der Waals surface area (Å²) in [6.07, 6.45) is 95.1. The number of allylic oxidation sites excluding steroid dienone is 32. The van der Waals surface area contributed by atoms with Crippen LogP contribution >= 0.6 is 7.82 Å². The van der Waals surface area contributed by atoms with Gasteiger partial charge >= 0.3 is 11.9 Å². The molecule has 0 bridgehead atoms. The number of phosphoric acid groups is 1. The number of hydrogen-bond donors (Lipinski definition) is 0. The number of unbranched alkanes of at least 4 members (excludes halogenated alkanes) is 8. The fraction of sp³-hybridized carbons (Fsp3) is 0.528. The van der Waals surface area contributed by atoms with Crippen molar-refractivity contribution in [3.63, 3.8) is 0 Å². The Balaban J connectivity index is 4.24. The number of ether oxygens (including phenoxy) is 2. The van der Waals surface area contributed by atoms with E-state index in [1.165, 1.54) is 25.7 Å². The number of quaternary nitrogens is 1. The average molecular weight is 1150 g/mol. The number of carbonyl (C=O) groups is 2. The lowest BCUT2D eigenvalue weighted by Crippen LogP contribution is -2.37. The Morgan fingerprint density at radius 1 is 0.378 bits per heavy atom. The molecular weight excluding hydrogens is 1040 g/mol. The van der Waals surface area contributed by atoms with Crippen LogP contribution in [0.2, 0.25) is 0 Å². The van der Waals surface area contributed by atoms with Crippen molar-refractivity contribution in [3.8, 4) is 0 Å². The molecule has 0 saturated carbocycles. The summed E-state index contributed by atoms with van der Waals surface area (Å²) in [5, 5.41) is 0. The topological polar surface area (TPSA) is 111 Å². The fourth-order valence-electron chi connectivity index (χ4n) is 7.41. The van der Waals surface area contributed by atoms with Crippen molar-refractivity contribution in [3.05, 3.63) is 194 Å². The van der Waals surface area contributed by atoms with Gasteiger partial charge in [0.15, 0.2) is 6.10 Å². The van der Waals surface area contributed by atoms with E-state index in [4.69, 9.17) is 18.5 Å². The van der Waals surface area contributed by atoms with Crippen molar-refractivity contribution in [2.75, 3.05) is 47.5 Å². The van der Waals surface area contributed by atoms with Crippen LogP contribution in [0.25, 0.3) is 0 Å². The molecule has 9 nitrogen and oxygen atoms in total. The molecule has 0 aliphatic rings. The van der Waals surface area contributed by atoms with Crippen LogP contribution in [0.1, 0.15) is 194 Å². The highest BCUT2D eigenvalue weighted by molar-refractivity contribution is 7.45. The van der Waals surface area contributed by atoms with Gasteiger partial charge in [-0.25, -0.2) is 0 Å². The molecule has 0 aromatic carbocycles. The van der Waals surface area contributed by atoms with E-state index in [9.17, 15) is 19.0 Å². The van der Waals surface area contributed by atoms with E-state index in [2.05, 4.69) is 196 Å². The third kappa shape index (κ3) is 64.0. The van der Waals surface area contributed by atoms with Crippen molar-refractivity contribution in [1.82, 2.24) is 0 Å². The molecule has 0 aliphatic heterocycles. The molecule has 0 aliphatic carbocycles. The quantitative estimate of drug-likeness (QED) is 0.0195. The number of hydrogen-bond acceptors (Lipinski definition) is 8. The Bertz CT molecular complexity index is 2080. The van der Waals surface area contributed by atoms with E-state index in [0.717, 1.165) is 128 Å². The van der Waals surface area contributed by atoms with Crippen molar-refractivity contribution in [2.45, 2.75) is 200 Å². The van der Waals surface area contributed by atoms with Gasteiger partial charge in [-0.15, -0.1) is 0 Å². The minimum Gasteiger partial charge on any atom is -0.756 e. The predicted octanol–water partition coefficient (Wildman–Crippen LogP) is 19.5. The molecule has 0 rings (SSSR count). The van der Waals surface area contributed by atoms with Crippen molar-refractivity contribution >= 4 is 19.8 Å². The maximum Gasteiger partial charge on any atom is 0.306 e. The summed E-state index contributed by atoms with van der Waals surface area (Å²) in [5.41, 5.74) is 0. The number of nitrogens with zero attached hydrogens (tertiary/aromatic N) is 1. The molecule has 10 heteroatoms. The maximum absolute atomic E-state index is 12.8. The standard InChI is InChI=1S/C72H112NO8P/c1-6-8-10-12-14-16-18-20-22-24-26-27-28-29-30-31-32-33-34-35-36-37-38-39-40-41-42-43-44-45-47-49-51-53-55-57-59-61-63-65-72(75)81-70(69-80-82(76,77)79-67-66-73(3,4)5)68-78-71(74)64-62-60-58-56-54-52-50-48-46-25-23-21-19-17-15-13-11-9-7-2/h8-11,14-17,20-23,26-27,29-30,32-33,35-36,38-39,41-42,44-46,48,52,54,58,60,70H,6-7,12-13,18-19,24-25,28,31,34,37,40,43,47,49-51,53,55-57,59,61-69H2,1-5H3/b10-8-,11-9-,16-14-,17-15-,22-20-,23-21-,27-26-,30-29-,33-32-,36-35-,39-38-,42-41-,45-44-,48-46-,54-52-,60-58-. The van der Waals surface area contributed by atoms with Crippen molar-refractivity contribution in [2.24, 2.45) is 0 Å². The first kappa shape index (κ1) is 76.9. The van der Waals surface area contributed by atoms with Crippen LogP contribution in [0, 0.1) is 0 Å². The summed E-state index contributed by atoms with van der Waals surface area (Å²) >= 11 is 0. The highest BCUT2D eigenvalue weighted by Crippen LogP contribution is 2.38. The fourth-order valence-corrected chi connectivity index (χ4v) is 8.14. The lowest BCUT2D eigenvalue weighted by molar-refractivity contribution is -0.870. The zero-order chi connectivity index (χ0) is 59.8. The number of likely N-dealkylation sites (N-methyl/N-ethyl adjacent to an activating group) is 1. The molecule has 0 spiro atoms. The van der Waals surface area contributed by atoms with Gasteiger partial charge in [0.05, 0.1) is 27.7 Å². The SMILES string of the molecule is CC/C=C\C/C=C\C/C=C\C/C=C\C/C=C\C/C=C\C/C=C\C/C=C\C/C=C\C/C=C\CCCCCCCCCCC(=O)OC(COC(=O)CC/C=C\C/C=C\C/C=C\C/C=C\C/C=C\C/C=C\CC)COP(=O)([O-])OCC[N+](C)(C)C. The first-order valence-corrected chi connectivity index (χ1v) is 32.6. The second kappa shape index (κ2) is 60.4. The zero-order valence-electron chi connectivity index (χ0n) is 51.8. The molecule has 0 fully saturated rings. The van der Waals surface area contributed by atoms with Gasteiger partial charge in [0, 0.05) is 12.8 Å². The molecule has 0 amide bonds. The number of carbonyl (C=O) groups excluding carboxylic acids is 2. The largest absolute Gasteiger partial charge is 0.756 e. The second-order valence-electron chi connectivity index (χ2n) is 20.9. The summed E-state index contributed by atoms with van der Waals surface area (Å²) < 4.78 is 34.0. The molecule has 0 saturated heterocycles. The molecule has 0 N–H and O–H groups in total. The van der Waals surface area contributed by atoms with Crippen molar-refractivity contribution < 1.29 is 42.1 Å². The highest BCUT2D eigenvalue weighted by atomic mass is 31.2. The van der Waals surface area contributed by atoms with E-state index in [1.54, 1.807) is 0 Å². The van der Waals surface area contributed by atoms with Gasteiger partial charge in [-0.2, -0.15) is 0 Å². The van der Waals surface area contributed by atoms with E-state index in [-0.39, 0.29) is 26.1 Å². The molecule has 2 atom stereocenters. The van der Waals surface area contributed by atoms with Gasteiger partial charge in [-0.05, 0) is 128 Å². The third-order valence-corrected chi connectivity index (χ3v) is 13.1. The molecule has 0 radical (unpaired) electrons. The molecule has 0 aromatic heterocycles. The smallest absolute Gasteiger partial charge is 0.306 e. The highest BCUT2D eigenvalue weighted by Gasteiger charge is 2.21. The van der Waals surface area contributed by atoms with Crippen LogP contribution in [0.4, 0.5) is 0 Å². The lowest BCUT2D eigenvalue weighted by atomic mass is 10.1. The molecule has 2 unspecified atom stereocenters. The Morgan fingerprint density at radius 3 is 1.02 bits per heavy atom. The predicted molar refractivity (Wildman–Crippen MR) is 350 cm³/mol. The molecule has 0 aromatic rings. The van der Waals surface area contributed by atoms with Crippen LogP contribution in [-0.2, 0) is 32.7 Å². The van der Waals surface area contributed by atoms with E-state index in [0.29, 0.717) is 23.9 Å². The summed E-state index contributed by atoms with van der Waals surface area (Å²) in [4.78, 5) is 37.9. The number of rotatable bonds is 54. The van der Waals surface area contributed by atoms with Gasteiger partial charge in [-0.1, -0.05) is 247 Å². The molecular formula is C72H112NO8P. The summed E-state index contributed by atoms with van der Waals surface area (Å²) in [7, 11) is 1.09. The van der Waals surface area contributed by atoms with Crippen molar-refractivity contribution in [1.29, 1.82) is 0 Å². The first-order valence-electron chi connectivity index (χ1n) is 31.1. The average Bonchev–Trinajstić information content (AvgIpc) is 3.46. The lowest BCUT2D eigenvalue weighted by Gasteiger charge is -2.28. The van der Waals surface area contributed by atoms with Gasteiger partial charge < -0.3 is 27.9 Å². The Hall–Kier alpha value is -5.15. The zero-order valence-corrected chi connectivity index (χ0v) is 52.7. The van der Waals surface area contributed by atoms with Gasteiger partial charge in [-0.3, -0.25) is 14.2 Å². The van der Waals surface area contributed by atoms with Crippen LogP contribution < -0.4 is 4.89 Å². The van der Waals surface area contributed by atoms with E-state index < -0.39 is 32.5 Å². The van der Waals surface area contributed by atoms with E-state index in [1.807, 2.05) is 33.3 Å². The normalized spacial score (nSPS) is 14.6. The number of esters is 2. The summed E-state index contributed by atoms with van der Waals surface area (Å²) in [6, 6.07) is 0. The Labute approximate surface area is 501 Å². The van der Waals surface area contributed by atoms with Crippen LogP contribution in [-0.4, -0.2) is 70.0 Å². The summed E-state index contributed by atoms with van der Waals surface area (Å²) in [5.74, 6) is -0.959. The van der Waals surface area contributed by atoms with Gasteiger partial charge in [0.25, 0.3) is 7.82 Å². The monoisotopic (exact) mass is 1150 g/mol. The summed E-state index contributed by atoms with van der Waals surface area (Å²) in [6.45, 7) is 3.88. The van der Waals surface area contributed by atoms with Crippen LogP contribution in [0.15, 0.2) is 194 Å². The second-order valence-corrected chi connectivity index (χ2v) is 22.4. The van der Waals surface area contributed by atoms with E-state index >= 15 is 0 Å². The molecule has 82 heavy (non-hydrogen) atoms. The molecule has 458 valence electrons. The first-order chi connectivity index (χ1) is 40.0. The van der Waals surface area contributed by atoms with Gasteiger partial charge in [0.2, 0.25) is 0 Å². The minimum absolute atomic E-state index is 0.0551. The van der Waals surface area contributed by atoms with Gasteiger partial charge in [0.1, 0.15) is 19.8 Å².